The molecule has 0 fully saturated rings. The van der Waals surface area contributed by atoms with E-state index in [2.05, 4.69) is 9.97 Å². The first-order valence-corrected chi connectivity index (χ1v) is 6.54. The molecule has 0 aliphatic rings. The third kappa shape index (κ3) is 3.00. The van der Waals surface area contributed by atoms with Crippen LogP contribution in [0.3, 0.4) is 0 Å². The molecule has 2 N–H and O–H groups in total. The molecule has 0 atom stereocenters. The highest BCUT2D eigenvalue weighted by molar-refractivity contribution is 6.35. The number of hydrogen-bond donors (Lipinski definition) is 1. The van der Waals surface area contributed by atoms with Gasteiger partial charge in [-0.2, -0.15) is 0 Å². The van der Waals surface area contributed by atoms with Crippen LogP contribution in [0.2, 0.25) is 10.0 Å². The SMILES string of the molecule is CCOC(=O)c1nc(-c2ccc(Cl)cc2)nc(N)c1Cl. The van der Waals surface area contributed by atoms with E-state index in [1.807, 2.05) is 0 Å². The normalized spacial score (nSPS) is 10.3. The first kappa shape index (κ1) is 14.6. The third-order valence-electron chi connectivity index (χ3n) is 2.45. The molecular weight excluding hydrogens is 301 g/mol. The average molecular weight is 312 g/mol. The molecule has 7 heteroatoms. The Labute approximate surface area is 125 Å². The maximum absolute atomic E-state index is 11.8. The predicted octanol–water partition coefficient (Wildman–Crippen LogP) is 3.21. The number of carbonyl (C=O) groups is 1. The zero-order valence-corrected chi connectivity index (χ0v) is 12.1. The number of nitrogens with zero attached hydrogens (tertiary/aromatic N) is 2. The number of nitrogen functional groups attached to an aromatic ring is 1. The molecule has 1 heterocycles. The highest BCUT2D eigenvalue weighted by atomic mass is 35.5. The average Bonchev–Trinajstić information content (AvgIpc) is 2.43. The highest BCUT2D eigenvalue weighted by Gasteiger charge is 2.19. The minimum Gasteiger partial charge on any atom is -0.461 e. The number of nitrogens with two attached hydrogens (primary N) is 1. The second-order valence-corrected chi connectivity index (χ2v) is 4.64. The van der Waals surface area contributed by atoms with E-state index >= 15 is 0 Å². The molecule has 1 aromatic carbocycles. The summed E-state index contributed by atoms with van der Waals surface area (Å²) in [6.07, 6.45) is 0. The molecule has 0 bridgehead atoms. The first-order valence-electron chi connectivity index (χ1n) is 5.79. The molecule has 0 unspecified atom stereocenters. The third-order valence-corrected chi connectivity index (χ3v) is 3.07. The van der Waals surface area contributed by atoms with Crippen LogP contribution in [0.25, 0.3) is 11.4 Å². The quantitative estimate of drug-likeness (QED) is 0.881. The Morgan fingerprint density at radius 1 is 1.25 bits per heavy atom. The van der Waals surface area contributed by atoms with Crippen molar-refractivity contribution in [1.29, 1.82) is 0 Å². The number of carbonyl (C=O) groups excluding carboxylic acids is 1. The predicted molar refractivity (Wildman–Crippen MR) is 77.9 cm³/mol. The molecule has 2 aromatic rings. The second kappa shape index (κ2) is 6.07. The van der Waals surface area contributed by atoms with Gasteiger partial charge in [-0.25, -0.2) is 14.8 Å². The summed E-state index contributed by atoms with van der Waals surface area (Å²) in [4.78, 5) is 20.0. The van der Waals surface area contributed by atoms with E-state index in [0.29, 0.717) is 10.6 Å². The molecular formula is C13H11Cl2N3O2. The molecule has 0 radical (unpaired) electrons. The van der Waals surface area contributed by atoms with Gasteiger partial charge in [0.15, 0.2) is 11.5 Å². The summed E-state index contributed by atoms with van der Waals surface area (Å²) in [7, 11) is 0. The number of anilines is 1. The van der Waals surface area contributed by atoms with Gasteiger partial charge in [-0.1, -0.05) is 23.2 Å². The minimum atomic E-state index is -0.637. The van der Waals surface area contributed by atoms with Crippen molar-refractivity contribution in [3.63, 3.8) is 0 Å². The van der Waals surface area contributed by atoms with E-state index in [4.69, 9.17) is 33.7 Å². The lowest BCUT2D eigenvalue weighted by Gasteiger charge is -2.08. The summed E-state index contributed by atoms with van der Waals surface area (Å²) in [5, 5.41) is 0.572. The Bertz CT molecular complexity index is 645. The van der Waals surface area contributed by atoms with E-state index in [9.17, 15) is 4.79 Å². The van der Waals surface area contributed by atoms with E-state index in [1.54, 1.807) is 31.2 Å². The van der Waals surface area contributed by atoms with E-state index in [-0.39, 0.29) is 29.0 Å². The van der Waals surface area contributed by atoms with Gasteiger partial charge in [0, 0.05) is 10.6 Å². The van der Waals surface area contributed by atoms with Crippen molar-refractivity contribution in [2.24, 2.45) is 0 Å². The molecule has 0 aliphatic carbocycles. The standard InChI is InChI=1S/C13H11Cl2N3O2/c1-2-20-13(19)10-9(15)11(16)18-12(17-10)7-3-5-8(14)6-4-7/h3-6H,2H2,1H3,(H2,16,17,18). The molecule has 2 rings (SSSR count). The van der Waals surface area contributed by atoms with E-state index in [1.165, 1.54) is 0 Å². The second-order valence-electron chi connectivity index (χ2n) is 3.82. The van der Waals surface area contributed by atoms with Crippen molar-refractivity contribution in [3.8, 4) is 11.4 Å². The van der Waals surface area contributed by atoms with Crippen LogP contribution in [0, 0.1) is 0 Å². The molecule has 1 aromatic heterocycles. The Morgan fingerprint density at radius 2 is 1.90 bits per heavy atom. The van der Waals surface area contributed by atoms with Gasteiger partial charge in [-0.3, -0.25) is 0 Å². The fraction of sp³-hybridized carbons (Fsp3) is 0.154. The number of ether oxygens (including phenoxy) is 1. The smallest absolute Gasteiger partial charge is 0.358 e. The first-order chi connectivity index (χ1) is 9.52. The monoisotopic (exact) mass is 311 g/mol. The fourth-order valence-electron chi connectivity index (χ4n) is 1.53. The van der Waals surface area contributed by atoms with Gasteiger partial charge < -0.3 is 10.5 Å². The summed E-state index contributed by atoms with van der Waals surface area (Å²) in [6, 6.07) is 6.82. The van der Waals surface area contributed by atoms with Crippen LogP contribution < -0.4 is 5.73 Å². The van der Waals surface area contributed by atoms with Crippen molar-refractivity contribution in [2.75, 3.05) is 12.3 Å². The van der Waals surface area contributed by atoms with Crippen LogP contribution in [-0.2, 0) is 4.74 Å². The van der Waals surface area contributed by atoms with Crippen molar-refractivity contribution < 1.29 is 9.53 Å². The summed E-state index contributed by atoms with van der Waals surface area (Å²) in [5.74, 6) is -0.330. The van der Waals surface area contributed by atoms with Gasteiger partial charge in [0.2, 0.25) is 0 Å². The number of benzene rings is 1. The van der Waals surface area contributed by atoms with Crippen LogP contribution >= 0.6 is 23.2 Å². The van der Waals surface area contributed by atoms with E-state index in [0.717, 1.165) is 0 Å². The molecule has 0 amide bonds. The highest BCUT2D eigenvalue weighted by Crippen LogP contribution is 2.26. The maximum Gasteiger partial charge on any atom is 0.358 e. The number of aromatic nitrogens is 2. The maximum atomic E-state index is 11.8. The lowest BCUT2D eigenvalue weighted by molar-refractivity contribution is 0.0519. The topological polar surface area (TPSA) is 78.1 Å². The Morgan fingerprint density at radius 3 is 2.50 bits per heavy atom. The molecule has 0 aliphatic heterocycles. The lowest BCUT2D eigenvalue weighted by atomic mass is 10.2. The number of halogens is 2. The molecule has 104 valence electrons. The van der Waals surface area contributed by atoms with E-state index < -0.39 is 5.97 Å². The largest absolute Gasteiger partial charge is 0.461 e. The van der Waals surface area contributed by atoms with Crippen LogP contribution in [0.1, 0.15) is 17.4 Å². The van der Waals surface area contributed by atoms with Crippen LogP contribution in [0.4, 0.5) is 5.82 Å². The van der Waals surface area contributed by atoms with Gasteiger partial charge in [-0.15, -0.1) is 0 Å². The lowest BCUT2D eigenvalue weighted by Crippen LogP contribution is -2.11. The van der Waals surface area contributed by atoms with Gasteiger partial charge in [0.25, 0.3) is 0 Å². The van der Waals surface area contributed by atoms with Crippen molar-refractivity contribution in [3.05, 3.63) is 40.0 Å². The van der Waals surface area contributed by atoms with Crippen LogP contribution in [0.5, 0.6) is 0 Å². The summed E-state index contributed by atoms with van der Waals surface area (Å²) < 4.78 is 4.88. The summed E-state index contributed by atoms with van der Waals surface area (Å²) in [6.45, 7) is 1.91. The van der Waals surface area contributed by atoms with Gasteiger partial charge in [0.05, 0.1) is 6.61 Å². The molecule has 5 nitrogen and oxygen atoms in total. The summed E-state index contributed by atoms with van der Waals surface area (Å²) in [5.41, 5.74) is 6.33. The zero-order chi connectivity index (χ0) is 14.7. The number of esters is 1. The number of rotatable bonds is 3. The Hall–Kier alpha value is -1.85. The van der Waals surface area contributed by atoms with Gasteiger partial charge in [0.1, 0.15) is 10.8 Å². The van der Waals surface area contributed by atoms with Crippen molar-refractivity contribution in [2.45, 2.75) is 6.92 Å². The fourth-order valence-corrected chi connectivity index (χ4v) is 1.81. The van der Waals surface area contributed by atoms with Crippen LogP contribution in [-0.4, -0.2) is 22.5 Å². The number of hydrogen-bond acceptors (Lipinski definition) is 5. The van der Waals surface area contributed by atoms with Crippen LogP contribution in [0.15, 0.2) is 24.3 Å². The van der Waals surface area contributed by atoms with Crippen molar-refractivity contribution >= 4 is 35.0 Å². The van der Waals surface area contributed by atoms with Crippen molar-refractivity contribution in [1.82, 2.24) is 9.97 Å². The Kier molecular flexibility index (Phi) is 4.42. The van der Waals surface area contributed by atoms with Gasteiger partial charge >= 0.3 is 5.97 Å². The zero-order valence-electron chi connectivity index (χ0n) is 10.6. The van der Waals surface area contributed by atoms with Gasteiger partial charge in [-0.05, 0) is 31.2 Å². The molecule has 0 spiro atoms. The Balaban J connectivity index is 2.50. The molecule has 0 saturated carbocycles. The minimum absolute atomic E-state index is 0.0128. The summed E-state index contributed by atoms with van der Waals surface area (Å²) >= 11 is 11.8. The molecule has 0 saturated heterocycles. The molecule has 20 heavy (non-hydrogen) atoms.